The highest BCUT2D eigenvalue weighted by Crippen LogP contribution is 2.29. The number of nitrogens with zero attached hydrogens (tertiary/aromatic N) is 2. The molecule has 2 rings (SSSR count). The van der Waals surface area contributed by atoms with Crippen LogP contribution in [0.15, 0.2) is 24.3 Å². The van der Waals surface area contributed by atoms with E-state index in [-0.39, 0.29) is 0 Å². The van der Waals surface area contributed by atoms with Gasteiger partial charge in [0.15, 0.2) is 0 Å². The smallest absolute Gasteiger partial charge is 0.0850 e. The Morgan fingerprint density at radius 3 is 2.33 bits per heavy atom. The average molecular weight is 326 g/mol. The van der Waals surface area contributed by atoms with Crippen molar-refractivity contribution in [2.24, 2.45) is 5.73 Å². The lowest BCUT2D eigenvalue weighted by Gasteiger charge is -2.26. The molecule has 1 atom stereocenters. The number of benzene rings is 1. The number of aryl methyl sites for hydroxylation is 2. The van der Waals surface area contributed by atoms with Crippen LogP contribution in [0.1, 0.15) is 37.7 Å². The number of nitrogens with two attached hydrogens (primary N) is 1. The third-order valence-corrected chi connectivity index (χ3v) is 4.42. The van der Waals surface area contributed by atoms with Gasteiger partial charge in [-0.25, -0.2) is 0 Å². The van der Waals surface area contributed by atoms with E-state index in [1.165, 1.54) is 0 Å². The summed E-state index contributed by atoms with van der Waals surface area (Å²) >= 11 is 12.4. The summed E-state index contributed by atoms with van der Waals surface area (Å²) < 4.78 is 1.95. The molecule has 0 aliphatic carbocycles. The van der Waals surface area contributed by atoms with Crippen LogP contribution in [0.4, 0.5) is 0 Å². The minimum absolute atomic E-state index is 0.522. The molecule has 114 valence electrons. The Morgan fingerprint density at radius 1 is 1.19 bits per heavy atom. The highest BCUT2D eigenvalue weighted by molar-refractivity contribution is 6.32. The van der Waals surface area contributed by atoms with Crippen LogP contribution < -0.4 is 5.73 Å². The summed E-state index contributed by atoms with van der Waals surface area (Å²) in [6, 6.07) is 7.64. The van der Waals surface area contributed by atoms with E-state index in [9.17, 15) is 0 Å². The van der Waals surface area contributed by atoms with Gasteiger partial charge in [0.05, 0.1) is 16.4 Å². The van der Waals surface area contributed by atoms with Crippen LogP contribution in [0.25, 0.3) is 0 Å². The molecule has 3 nitrogen and oxygen atoms in total. The zero-order chi connectivity index (χ0) is 15.6. The summed E-state index contributed by atoms with van der Waals surface area (Å²) in [6.07, 6.45) is 1.45. The Labute approximate surface area is 136 Å². The number of aromatic nitrogens is 2. The van der Waals surface area contributed by atoms with Crippen LogP contribution in [0, 0.1) is 0 Å². The zero-order valence-electron chi connectivity index (χ0n) is 12.7. The molecule has 0 amide bonds. The minimum atomic E-state index is -0.522. The first-order valence-electron chi connectivity index (χ1n) is 7.18. The molecule has 2 N–H and O–H groups in total. The van der Waals surface area contributed by atoms with Crippen molar-refractivity contribution in [1.29, 1.82) is 0 Å². The molecular weight excluding hydrogens is 305 g/mol. The molecule has 0 saturated carbocycles. The SMILES string of the molecule is CCc1nn(CC)c(CC(C)(N)c2ccc(Cl)cc2)c1Cl. The molecule has 0 aliphatic rings. The van der Waals surface area contributed by atoms with Crippen LogP contribution in [0.3, 0.4) is 0 Å². The summed E-state index contributed by atoms with van der Waals surface area (Å²) in [4.78, 5) is 0. The van der Waals surface area contributed by atoms with Gasteiger partial charge in [0, 0.05) is 23.5 Å². The number of halogens is 2. The number of hydrogen-bond acceptors (Lipinski definition) is 2. The maximum atomic E-state index is 6.52. The van der Waals surface area contributed by atoms with Gasteiger partial charge in [0.2, 0.25) is 0 Å². The Hall–Kier alpha value is -1.03. The molecule has 0 saturated heterocycles. The van der Waals surface area contributed by atoms with Crippen LogP contribution in [-0.4, -0.2) is 9.78 Å². The molecular formula is C16H21Cl2N3. The topological polar surface area (TPSA) is 43.8 Å². The Kier molecular flexibility index (Phi) is 4.97. The van der Waals surface area contributed by atoms with E-state index in [4.69, 9.17) is 28.9 Å². The summed E-state index contributed by atoms with van der Waals surface area (Å²) in [5.41, 5.74) is 8.96. The molecule has 1 aromatic heterocycles. The first-order valence-corrected chi connectivity index (χ1v) is 7.93. The third kappa shape index (κ3) is 3.42. The monoisotopic (exact) mass is 325 g/mol. The largest absolute Gasteiger partial charge is 0.321 e. The standard InChI is InChI=1S/C16H21Cl2N3/c1-4-13-15(18)14(21(5-2)20-13)10-16(3,19)11-6-8-12(17)9-7-11/h6-9H,4-5,10,19H2,1-3H3. The molecule has 21 heavy (non-hydrogen) atoms. The van der Waals surface area contributed by atoms with Gasteiger partial charge < -0.3 is 5.73 Å². The van der Waals surface area contributed by atoms with Gasteiger partial charge in [-0.1, -0.05) is 42.3 Å². The van der Waals surface area contributed by atoms with Crippen LogP contribution in [0.5, 0.6) is 0 Å². The van der Waals surface area contributed by atoms with Crippen molar-refractivity contribution in [2.75, 3.05) is 0 Å². The molecule has 1 aromatic carbocycles. The summed E-state index contributed by atoms with van der Waals surface area (Å²) in [7, 11) is 0. The third-order valence-electron chi connectivity index (χ3n) is 3.73. The number of rotatable bonds is 5. The van der Waals surface area contributed by atoms with E-state index >= 15 is 0 Å². The van der Waals surface area contributed by atoms with Crippen molar-refractivity contribution < 1.29 is 0 Å². The maximum Gasteiger partial charge on any atom is 0.0850 e. The quantitative estimate of drug-likeness (QED) is 0.895. The van der Waals surface area contributed by atoms with Crippen LogP contribution in [-0.2, 0) is 24.9 Å². The fourth-order valence-electron chi connectivity index (χ4n) is 2.47. The first-order chi connectivity index (χ1) is 9.89. The van der Waals surface area contributed by atoms with Gasteiger partial charge in [-0.05, 0) is 38.0 Å². The molecule has 5 heteroatoms. The fourth-order valence-corrected chi connectivity index (χ4v) is 2.93. The normalized spacial score (nSPS) is 14.2. The Bertz CT molecular complexity index is 615. The molecule has 0 aliphatic heterocycles. The molecule has 0 radical (unpaired) electrons. The van der Waals surface area contributed by atoms with Gasteiger partial charge in [0.25, 0.3) is 0 Å². The second kappa shape index (κ2) is 6.39. The van der Waals surface area contributed by atoms with E-state index in [2.05, 4.69) is 18.9 Å². The van der Waals surface area contributed by atoms with Crippen molar-refractivity contribution in [3.63, 3.8) is 0 Å². The fraction of sp³-hybridized carbons (Fsp3) is 0.438. The minimum Gasteiger partial charge on any atom is -0.321 e. The van der Waals surface area contributed by atoms with Crippen molar-refractivity contribution >= 4 is 23.2 Å². The lowest BCUT2D eigenvalue weighted by atomic mass is 9.88. The summed E-state index contributed by atoms with van der Waals surface area (Å²) in [5, 5.41) is 6.00. The molecule has 2 aromatic rings. The van der Waals surface area contributed by atoms with Crippen molar-refractivity contribution in [2.45, 2.75) is 45.7 Å². The Morgan fingerprint density at radius 2 is 1.81 bits per heavy atom. The molecule has 0 bridgehead atoms. The van der Waals surface area contributed by atoms with Crippen molar-refractivity contribution in [1.82, 2.24) is 9.78 Å². The molecule has 1 unspecified atom stereocenters. The zero-order valence-corrected chi connectivity index (χ0v) is 14.2. The van der Waals surface area contributed by atoms with E-state index in [0.29, 0.717) is 11.4 Å². The second-order valence-electron chi connectivity index (χ2n) is 5.48. The van der Waals surface area contributed by atoms with Crippen molar-refractivity contribution in [3.05, 3.63) is 51.3 Å². The average Bonchev–Trinajstić information content (AvgIpc) is 2.75. The van der Waals surface area contributed by atoms with Crippen LogP contribution in [0.2, 0.25) is 10.0 Å². The highest BCUT2D eigenvalue weighted by Gasteiger charge is 2.26. The van der Waals surface area contributed by atoms with Gasteiger partial charge in [-0.2, -0.15) is 5.10 Å². The molecule has 0 spiro atoms. The van der Waals surface area contributed by atoms with Gasteiger partial charge in [0.1, 0.15) is 0 Å². The Balaban J connectivity index is 2.36. The first kappa shape index (κ1) is 16.3. The molecule has 0 fully saturated rings. The van der Waals surface area contributed by atoms with E-state index in [1.807, 2.05) is 35.9 Å². The van der Waals surface area contributed by atoms with Crippen molar-refractivity contribution in [3.8, 4) is 0 Å². The summed E-state index contributed by atoms with van der Waals surface area (Å²) in [6.45, 7) is 6.90. The lowest BCUT2D eigenvalue weighted by Crippen LogP contribution is -2.36. The maximum absolute atomic E-state index is 6.52. The lowest BCUT2D eigenvalue weighted by molar-refractivity contribution is 0.464. The predicted octanol–water partition coefficient (Wildman–Crippen LogP) is 4.19. The number of hydrogen-bond donors (Lipinski definition) is 1. The predicted molar refractivity (Wildman–Crippen MR) is 89.0 cm³/mol. The summed E-state index contributed by atoms with van der Waals surface area (Å²) in [5.74, 6) is 0. The second-order valence-corrected chi connectivity index (χ2v) is 6.29. The van der Waals surface area contributed by atoms with Gasteiger partial charge >= 0.3 is 0 Å². The van der Waals surface area contributed by atoms with Gasteiger partial charge in [-0.3, -0.25) is 4.68 Å². The van der Waals surface area contributed by atoms with E-state index in [0.717, 1.165) is 34.9 Å². The molecule has 1 heterocycles. The van der Waals surface area contributed by atoms with Crippen LogP contribution >= 0.6 is 23.2 Å². The van der Waals surface area contributed by atoms with E-state index in [1.54, 1.807) is 0 Å². The van der Waals surface area contributed by atoms with E-state index < -0.39 is 5.54 Å². The highest BCUT2D eigenvalue weighted by atomic mass is 35.5. The van der Waals surface area contributed by atoms with Gasteiger partial charge in [-0.15, -0.1) is 0 Å².